The van der Waals surface area contributed by atoms with Gasteiger partial charge in [-0.15, -0.1) is 0 Å². The van der Waals surface area contributed by atoms with E-state index >= 15 is 0 Å². The number of carbonyl (C=O) groups is 1. The van der Waals surface area contributed by atoms with Crippen LogP contribution in [0.1, 0.15) is 51.4 Å². The van der Waals surface area contributed by atoms with Crippen molar-refractivity contribution in [1.29, 1.82) is 0 Å². The van der Waals surface area contributed by atoms with Crippen LogP contribution in [0.4, 0.5) is 11.6 Å². The number of hydrogen-bond acceptors (Lipinski definition) is 4. The molecule has 1 amide bonds. The molecular formula is C23H28N4O. The van der Waals surface area contributed by atoms with Crippen molar-refractivity contribution < 1.29 is 4.79 Å². The second-order valence-electron chi connectivity index (χ2n) is 9.73. The number of hydrogen-bond donors (Lipinski definition) is 1. The second-order valence-corrected chi connectivity index (χ2v) is 9.73. The normalized spacial score (nSPS) is 33.6. The maximum absolute atomic E-state index is 13.6. The van der Waals surface area contributed by atoms with Crippen LogP contribution in [0.5, 0.6) is 0 Å². The number of carbonyl (C=O) groups excluding carboxylic acids is 1. The van der Waals surface area contributed by atoms with Gasteiger partial charge in [0.25, 0.3) is 0 Å². The lowest BCUT2D eigenvalue weighted by atomic mass is 9.49. The van der Waals surface area contributed by atoms with Crippen LogP contribution >= 0.6 is 0 Å². The fraction of sp³-hybridized carbons (Fsp3) is 0.609. The Kier molecular flexibility index (Phi) is 3.69. The van der Waals surface area contributed by atoms with Crippen LogP contribution in [0, 0.1) is 23.2 Å². The van der Waals surface area contributed by atoms with Crippen LogP contribution in [-0.2, 0) is 4.79 Å². The Bertz CT molecular complexity index is 898. The smallest absolute Gasteiger partial charge is 0.231 e. The Morgan fingerprint density at radius 3 is 2.11 bits per heavy atom. The van der Waals surface area contributed by atoms with Crippen molar-refractivity contribution in [1.82, 2.24) is 9.97 Å². The average Bonchev–Trinajstić information content (AvgIpc) is 3.21. The van der Waals surface area contributed by atoms with Gasteiger partial charge in [-0.05, 0) is 81.3 Å². The first-order chi connectivity index (χ1) is 13.7. The minimum atomic E-state index is -0.162. The molecule has 4 aliphatic carbocycles. The molecule has 5 aliphatic rings. The number of benzene rings is 1. The molecule has 0 unspecified atom stereocenters. The van der Waals surface area contributed by atoms with Crippen LogP contribution < -0.4 is 10.2 Å². The van der Waals surface area contributed by atoms with Crippen molar-refractivity contribution >= 4 is 28.6 Å². The first-order valence-corrected chi connectivity index (χ1v) is 11.0. The first kappa shape index (κ1) is 16.8. The highest BCUT2D eigenvalue weighted by atomic mass is 16.2. The van der Waals surface area contributed by atoms with Crippen molar-refractivity contribution in [3.63, 3.8) is 0 Å². The van der Waals surface area contributed by atoms with Gasteiger partial charge in [0.1, 0.15) is 0 Å². The molecule has 1 aromatic carbocycles. The van der Waals surface area contributed by atoms with E-state index < -0.39 is 0 Å². The Hall–Kier alpha value is -2.17. The summed E-state index contributed by atoms with van der Waals surface area (Å²) in [5.74, 6) is 4.01. The van der Waals surface area contributed by atoms with Crippen molar-refractivity contribution in [3.8, 4) is 0 Å². The summed E-state index contributed by atoms with van der Waals surface area (Å²) in [6.45, 7) is 1.99. The van der Waals surface area contributed by atoms with Crippen LogP contribution in [0.3, 0.4) is 0 Å². The summed E-state index contributed by atoms with van der Waals surface area (Å²) in [7, 11) is 0. The quantitative estimate of drug-likeness (QED) is 0.863. The van der Waals surface area contributed by atoms with E-state index in [-0.39, 0.29) is 11.3 Å². The number of amides is 1. The molecule has 1 aromatic heterocycles. The molecule has 5 nitrogen and oxygen atoms in total. The average molecular weight is 377 g/mol. The third kappa shape index (κ3) is 2.62. The fourth-order valence-electron chi connectivity index (χ4n) is 6.85. The highest BCUT2D eigenvalue weighted by Gasteiger charge is 2.54. The first-order valence-electron chi connectivity index (χ1n) is 11.0. The minimum Gasteiger partial charge on any atom is -0.354 e. The van der Waals surface area contributed by atoms with Gasteiger partial charge in [0, 0.05) is 13.1 Å². The highest BCUT2D eigenvalue weighted by molar-refractivity contribution is 5.98. The lowest BCUT2D eigenvalue weighted by Gasteiger charge is -2.55. The SMILES string of the molecule is O=C(Nc1nc2ccccc2nc1N1CCCC1)C12CC3CC(CC(C3)C1)C2. The van der Waals surface area contributed by atoms with E-state index in [0.29, 0.717) is 5.82 Å². The van der Waals surface area contributed by atoms with E-state index in [1.165, 1.54) is 32.1 Å². The van der Waals surface area contributed by atoms with Crippen molar-refractivity contribution in [2.24, 2.45) is 23.2 Å². The highest BCUT2D eigenvalue weighted by Crippen LogP contribution is 2.60. The van der Waals surface area contributed by atoms with E-state index in [9.17, 15) is 4.79 Å². The van der Waals surface area contributed by atoms with Crippen LogP contribution in [-0.4, -0.2) is 29.0 Å². The summed E-state index contributed by atoms with van der Waals surface area (Å²) in [5.41, 5.74) is 1.59. The summed E-state index contributed by atoms with van der Waals surface area (Å²) < 4.78 is 0. The molecule has 7 rings (SSSR count). The Morgan fingerprint density at radius 2 is 1.50 bits per heavy atom. The summed E-state index contributed by atoms with van der Waals surface area (Å²) in [5, 5.41) is 3.28. The Labute approximate surface area is 165 Å². The number of anilines is 2. The van der Waals surface area contributed by atoms with E-state index in [2.05, 4.69) is 10.2 Å². The molecule has 0 radical (unpaired) electrons. The third-order valence-electron chi connectivity index (χ3n) is 7.71. The molecule has 5 fully saturated rings. The molecule has 1 aliphatic heterocycles. The number of nitrogens with one attached hydrogen (secondary N) is 1. The van der Waals surface area contributed by atoms with Crippen LogP contribution in [0.2, 0.25) is 0 Å². The molecule has 28 heavy (non-hydrogen) atoms. The van der Waals surface area contributed by atoms with Gasteiger partial charge < -0.3 is 10.2 Å². The lowest BCUT2D eigenvalue weighted by molar-refractivity contribution is -0.140. The van der Waals surface area contributed by atoms with Crippen molar-refractivity contribution in [3.05, 3.63) is 24.3 Å². The predicted octanol–water partition coefficient (Wildman–Crippen LogP) is 4.38. The van der Waals surface area contributed by atoms with Gasteiger partial charge in [0.15, 0.2) is 11.6 Å². The lowest BCUT2D eigenvalue weighted by Crippen LogP contribution is -2.52. The maximum Gasteiger partial charge on any atom is 0.231 e. The zero-order chi connectivity index (χ0) is 18.7. The van der Waals surface area contributed by atoms with Gasteiger partial charge in [-0.25, -0.2) is 9.97 Å². The molecule has 4 bridgehead atoms. The third-order valence-corrected chi connectivity index (χ3v) is 7.71. The summed E-state index contributed by atoms with van der Waals surface area (Å²) in [4.78, 5) is 25.6. The Morgan fingerprint density at radius 1 is 0.929 bits per heavy atom. The number of para-hydroxylation sites is 2. The molecule has 2 aromatic rings. The van der Waals surface area contributed by atoms with Gasteiger partial charge in [-0.1, -0.05) is 12.1 Å². The molecule has 0 spiro atoms. The maximum atomic E-state index is 13.6. The topological polar surface area (TPSA) is 58.1 Å². The number of nitrogens with zero attached hydrogens (tertiary/aromatic N) is 3. The van der Waals surface area contributed by atoms with Gasteiger partial charge >= 0.3 is 0 Å². The fourth-order valence-corrected chi connectivity index (χ4v) is 6.85. The van der Waals surface area contributed by atoms with Crippen molar-refractivity contribution in [2.45, 2.75) is 51.4 Å². The molecule has 1 saturated heterocycles. The van der Waals surface area contributed by atoms with E-state index in [4.69, 9.17) is 9.97 Å². The Balaban J connectivity index is 1.36. The van der Waals surface area contributed by atoms with Crippen molar-refractivity contribution in [2.75, 3.05) is 23.3 Å². The zero-order valence-electron chi connectivity index (χ0n) is 16.4. The zero-order valence-corrected chi connectivity index (χ0v) is 16.4. The van der Waals surface area contributed by atoms with Gasteiger partial charge in [-0.3, -0.25) is 4.79 Å². The van der Waals surface area contributed by atoms with E-state index in [0.717, 1.165) is 67.0 Å². The molecule has 5 heteroatoms. The molecule has 2 heterocycles. The predicted molar refractivity (Wildman–Crippen MR) is 110 cm³/mol. The number of fused-ring (bicyclic) bond motifs is 1. The van der Waals surface area contributed by atoms with E-state index in [1.807, 2.05) is 24.3 Å². The number of aromatic nitrogens is 2. The molecule has 0 atom stereocenters. The van der Waals surface area contributed by atoms with Crippen LogP contribution in [0.15, 0.2) is 24.3 Å². The monoisotopic (exact) mass is 376 g/mol. The van der Waals surface area contributed by atoms with Gasteiger partial charge in [0.05, 0.1) is 16.4 Å². The second kappa shape index (κ2) is 6.16. The molecular weight excluding hydrogens is 348 g/mol. The summed E-state index contributed by atoms with van der Waals surface area (Å²) in [6, 6.07) is 7.97. The molecule has 1 N–H and O–H groups in total. The number of rotatable bonds is 3. The van der Waals surface area contributed by atoms with E-state index in [1.54, 1.807) is 0 Å². The summed E-state index contributed by atoms with van der Waals surface area (Å²) in [6.07, 6.45) is 9.62. The minimum absolute atomic E-state index is 0.162. The standard InChI is InChI=1S/C23H28N4O/c28-22(23-12-15-9-16(13-23)11-17(10-15)14-23)26-20-21(27-7-3-4-8-27)25-19-6-2-1-5-18(19)24-20/h1-2,5-6,15-17H,3-4,7-14H2,(H,24,26,28). The molecule has 146 valence electrons. The summed E-state index contributed by atoms with van der Waals surface area (Å²) >= 11 is 0. The molecule has 4 saturated carbocycles. The van der Waals surface area contributed by atoms with Gasteiger partial charge in [0.2, 0.25) is 5.91 Å². The van der Waals surface area contributed by atoms with Crippen LogP contribution in [0.25, 0.3) is 11.0 Å². The van der Waals surface area contributed by atoms with Gasteiger partial charge in [-0.2, -0.15) is 0 Å². The largest absolute Gasteiger partial charge is 0.354 e.